The van der Waals surface area contributed by atoms with Crippen LogP contribution >= 0.6 is 0 Å². The Kier molecular flexibility index (Phi) is 3.90. The highest BCUT2D eigenvalue weighted by atomic mass is 16.3. The molecule has 20 heavy (non-hydrogen) atoms. The minimum atomic E-state index is -0.119. The largest absolute Gasteiger partial charge is 0.460 e. The molecule has 1 fully saturated rings. The zero-order valence-corrected chi connectivity index (χ0v) is 11.9. The van der Waals surface area contributed by atoms with E-state index in [0.29, 0.717) is 0 Å². The lowest BCUT2D eigenvalue weighted by Crippen LogP contribution is -2.35. The van der Waals surface area contributed by atoms with Gasteiger partial charge in [-0.05, 0) is 31.9 Å². The third-order valence-corrected chi connectivity index (χ3v) is 3.93. The number of aryl methyl sites for hydroxylation is 1. The van der Waals surface area contributed by atoms with Gasteiger partial charge in [0.2, 0.25) is 0 Å². The molecule has 0 radical (unpaired) electrons. The Balaban J connectivity index is 1.66. The maximum atomic E-state index is 9.52. The van der Waals surface area contributed by atoms with E-state index in [4.69, 9.17) is 4.42 Å². The molecule has 1 N–H and O–H groups in total. The summed E-state index contributed by atoms with van der Waals surface area (Å²) in [7, 11) is 0. The molecular weight excluding hydrogens is 250 g/mol. The van der Waals surface area contributed by atoms with E-state index >= 15 is 0 Å². The van der Waals surface area contributed by atoms with Crippen LogP contribution in [-0.2, 0) is 6.54 Å². The Morgan fingerprint density at radius 2 is 1.80 bits per heavy atom. The maximum absolute atomic E-state index is 9.52. The molecule has 0 saturated carbocycles. The van der Waals surface area contributed by atoms with Gasteiger partial charge in [0.15, 0.2) is 0 Å². The van der Waals surface area contributed by atoms with Crippen molar-refractivity contribution in [2.24, 2.45) is 0 Å². The minimum Gasteiger partial charge on any atom is -0.460 e. The summed E-state index contributed by atoms with van der Waals surface area (Å²) < 4.78 is 5.93. The molecule has 0 bridgehead atoms. The zero-order chi connectivity index (χ0) is 13.9. The number of benzene rings is 1. The molecule has 0 spiro atoms. The molecule has 0 amide bonds. The van der Waals surface area contributed by atoms with Crippen molar-refractivity contribution in [2.75, 3.05) is 13.1 Å². The molecule has 3 rings (SSSR count). The number of aliphatic hydroxyl groups is 1. The number of furan rings is 1. The van der Waals surface area contributed by atoms with Gasteiger partial charge in [-0.1, -0.05) is 29.8 Å². The van der Waals surface area contributed by atoms with E-state index in [0.717, 1.165) is 49.6 Å². The second kappa shape index (κ2) is 5.81. The summed E-state index contributed by atoms with van der Waals surface area (Å²) in [6, 6.07) is 12.5. The maximum Gasteiger partial charge on any atom is 0.134 e. The molecule has 0 unspecified atom stereocenters. The van der Waals surface area contributed by atoms with E-state index in [1.807, 2.05) is 6.07 Å². The van der Waals surface area contributed by atoms with Crippen molar-refractivity contribution in [2.45, 2.75) is 32.4 Å². The standard InChI is InChI=1S/C17H21NO2/c1-13-2-4-14(5-3-13)17-7-6-16(20-17)12-18-10-8-15(19)9-11-18/h2-7,15,19H,8-12H2,1H3. The molecule has 2 aromatic rings. The zero-order valence-electron chi connectivity index (χ0n) is 11.9. The van der Waals surface area contributed by atoms with Gasteiger partial charge in [-0.3, -0.25) is 4.90 Å². The smallest absolute Gasteiger partial charge is 0.134 e. The monoisotopic (exact) mass is 271 g/mol. The first-order valence-electron chi connectivity index (χ1n) is 7.27. The van der Waals surface area contributed by atoms with Crippen molar-refractivity contribution in [3.05, 3.63) is 47.7 Å². The third kappa shape index (κ3) is 3.11. The van der Waals surface area contributed by atoms with Gasteiger partial charge < -0.3 is 9.52 Å². The number of nitrogens with zero attached hydrogens (tertiary/aromatic N) is 1. The first-order chi connectivity index (χ1) is 9.70. The van der Waals surface area contributed by atoms with Crippen LogP contribution in [0.4, 0.5) is 0 Å². The predicted octanol–water partition coefficient (Wildman–Crippen LogP) is 3.21. The molecule has 0 aliphatic carbocycles. The summed E-state index contributed by atoms with van der Waals surface area (Å²) in [5.41, 5.74) is 2.38. The van der Waals surface area contributed by atoms with Gasteiger partial charge in [0.05, 0.1) is 12.6 Å². The van der Waals surface area contributed by atoms with Gasteiger partial charge in [0.1, 0.15) is 11.5 Å². The third-order valence-electron chi connectivity index (χ3n) is 3.93. The van der Waals surface area contributed by atoms with Gasteiger partial charge in [0.25, 0.3) is 0 Å². The predicted molar refractivity (Wildman–Crippen MR) is 79.4 cm³/mol. The fraction of sp³-hybridized carbons (Fsp3) is 0.412. The van der Waals surface area contributed by atoms with E-state index in [1.165, 1.54) is 5.56 Å². The molecule has 3 heteroatoms. The highest BCUT2D eigenvalue weighted by molar-refractivity contribution is 5.57. The highest BCUT2D eigenvalue weighted by Crippen LogP contribution is 2.24. The lowest BCUT2D eigenvalue weighted by atomic mass is 10.1. The Morgan fingerprint density at radius 1 is 1.10 bits per heavy atom. The van der Waals surface area contributed by atoms with Crippen LogP contribution in [0.25, 0.3) is 11.3 Å². The summed E-state index contributed by atoms with van der Waals surface area (Å²) in [6.07, 6.45) is 1.61. The molecule has 1 aliphatic rings. The van der Waals surface area contributed by atoms with Crippen molar-refractivity contribution in [1.29, 1.82) is 0 Å². The molecule has 1 aliphatic heterocycles. The van der Waals surface area contributed by atoms with Crippen molar-refractivity contribution in [3.63, 3.8) is 0 Å². The number of piperidine rings is 1. The molecule has 106 valence electrons. The Bertz CT molecular complexity index is 551. The second-order valence-corrected chi connectivity index (χ2v) is 5.64. The summed E-state index contributed by atoms with van der Waals surface area (Å²) in [5.74, 6) is 1.93. The fourth-order valence-electron chi connectivity index (χ4n) is 2.63. The molecule has 2 heterocycles. The van der Waals surface area contributed by atoms with Crippen LogP contribution in [0, 0.1) is 6.92 Å². The highest BCUT2D eigenvalue weighted by Gasteiger charge is 2.18. The van der Waals surface area contributed by atoms with Gasteiger partial charge in [0, 0.05) is 18.7 Å². The van der Waals surface area contributed by atoms with Crippen LogP contribution in [0.3, 0.4) is 0 Å². The first-order valence-corrected chi connectivity index (χ1v) is 7.27. The molecule has 1 saturated heterocycles. The van der Waals surface area contributed by atoms with E-state index in [9.17, 15) is 5.11 Å². The fourth-order valence-corrected chi connectivity index (χ4v) is 2.63. The van der Waals surface area contributed by atoms with E-state index in [-0.39, 0.29) is 6.10 Å². The van der Waals surface area contributed by atoms with E-state index in [1.54, 1.807) is 0 Å². The van der Waals surface area contributed by atoms with E-state index in [2.05, 4.69) is 42.2 Å². The van der Waals surface area contributed by atoms with Crippen LogP contribution < -0.4 is 0 Å². The van der Waals surface area contributed by atoms with Gasteiger partial charge >= 0.3 is 0 Å². The normalized spacial score (nSPS) is 17.5. The lowest BCUT2D eigenvalue weighted by molar-refractivity contribution is 0.0761. The lowest BCUT2D eigenvalue weighted by Gasteiger charge is -2.28. The van der Waals surface area contributed by atoms with Crippen LogP contribution in [0.5, 0.6) is 0 Å². The van der Waals surface area contributed by atoms with Gasteiger partial charge in [-0.2, -0.15) is 0 Å². The number of hydrogen-bond donors (Lipinski definition) is 1. The van der Waals surface area contributed by atoms with Crippen molar-refractivity contribution >= 4 is 0 Å². The second-order valence-electron chi connectivity index (χ2n) is 5.64. The Morgan fingerprint density at radius 3 is 2.50 bits per heavy atom. The molecular formula is C17H21NO2. The van der Waals surface area contributed by atoms with E-state index < -0.39 is 0 Å². The summed E-state index contributed by atoms with van der Waals surface area (Å²) in [5, 5.41) is 9.52. The van der Waals surface area contributed by atoms with Crippen LogP contribution in [0.1, 0.15) is 24.2 Å². The number of aliphatic hydroxyl groups excluding tert-OH is 1. The summed E-state index contributed by atoms with van der Waals surface area (Å²) in [6.45, 7) is 4.81. The van der Waals surface area contributed by atoms with Crippen LogP contribution in [0.2, 0.25) is 0 Å². The van der Waals surface area contributed by atoms with Crippen LogP contribution in [-0.4, -0.2) is 29.2 Å². The minimum absolute atomic E-state index is 0.119. The van der Waals surface area contributed by atoms with Gasteiger partial charge in [-0.15, -0.1) is 0 Å². The SMILES string of the molecule is Cc1ccc(-c2ccc(CN3CCC(O)CC3)o2)cc1. The summed E-state index contributed by atoms with van der Waals surface area (Å²) >= 11 is 0. The first kappa shape index (κ1) is 13.4. The number of hydrogen-bond acceptors (Lipinski definition) is 3. The van der Waals surface area contributed by atoms with Gasteiger partial charge in [-0.25, -0.2) is 0 Å². The average Bonchev–Trinajstić information content (AvgIpc) is 2.91. The quantitative estimate of drug-likeness (QED) is 0.931. The topological polar surface area (TPSA) is 36.6 Å². The van der Waals surface area contributed by atoms with Crippen LogP contribution in [0.15, 0.2) is 40.8 Å². The number of likely N-dealkylation sites (tertiary alicyclic amines) is 1. The van der Waals surface area contributed by atoms with Crippen molar-refractivity contribution in [1.82, 2.24) is 4.90 Å². The Labute approximate surface area is 119 Å². The van der Waals surface area contributed by atoms with Crippen molar-refractivity contribution < 1.29 is 9.52 Å². The Hall–Kier alpha value is -1.58. The average molecular weight is 271 g/mol. The molecule has 0 atom stereocenters. The molecule has 3 nitrogen and oxygen atoms in total. The number of rotatable bonds is 3. The summed E-state index contributed by atoms with van der Waals surface area (Å²) in [4.78, 5) is 2.34. The molecule has 1 aromatic carbocycles. The molecule has 1 aromatic heterocycles. The van der Waals surface area contributed by atoms with Crippen molar-refractivity contribution in [3.8, 4) is 11.3 Å².